The molecule has 1 saturated heterocycles. The number of ketones is 1. The molecule has 1 heterocycles. The van der Waals surface area contributed by atoms with E-state index in [4.69, 9.17) is 4.74 Å². The zero-order valence-corrected chi connectivity index (χ0v) is 9.71. The zero-order valence-electron chi connectivity index (χ0n) is 9.71. The summed E-state index contributed by atoms with van der Waals surface area (Å²) >= 11 is 0. The van der Waals surface area contributed by atoms with Crippen molar-refractivity contribution in [1.29, 1.82) is 0 Å². The minimum atomic E-state index is -0.0536. The van der Waals surface area contributed by atoms with Gasteiger partial charge in [-0.1, -0.05) is 26.2 Å². The van der Waals surface area contributed by atoms with Gasteiger partial charge in [-0.25, -0.2) is 0 Å². The Bertz CT molecular complexity index is 219. The molecule has 0 bridgehead atoms. The maximum atomic E-state index is 12.2. The Labute approximate surface area is 92.4 Å². The Morgan fingerprint density at radius 3 is 2.67 bits per heavy atom. The molecule has 15 heavy (non-hydrogen) atoms. The molecule has 0 aromatic heterocycles. The second kappa shape index (κ2) is 5.11. The van der Waals surface area contributed by atoms with E-state index in [9.17, 15) is 4.79 Å². The van der Waals surface area contributed by atoms with Gasteiger partial charge in [0, 0.05) is 12.5 Å². The molecular formula is C13H22O2. The predicted molar refractivity (Wildman–Crippen MR) is 59.7 cm³/mol. The molecule has 3 unspecified atom stereocenters. The molecule has 2 fully saturated rings. The fourth-order valence-corrected chi connectivity index (χ4v) is 3.11. The summed E-state index contributed by atoms with van der Waals surface area (Å²) in [5.41, 5.74) is 0. The fraction of sp³-hybridized carbons (Fsp3) is 0.923. The summed E-state index contributed by atoms with van der Waals surface area (Å²) in [4.78, 5) is 12.2. The Morgan fingerprint density at radius 2 is 2.00 bits per heavy atom. The largest absolute Gasteiger partial charge is 0.370 e. The van der Waals surface area contributed by atoms with E-state index in [1.165, 1.54) is 19.3 Å². The van der Waals surface area contributed by atoms with Crippen molar-refractivity contribution in [2.24, 2.45) is 11.8 Å². The Morgan fingerprint density at radius 1 is 1.20 bits per heavy atom. The zero-order chi connectivity index (χ0) is 10.7. The van der Waals surface area contributed by atoms with Crippen molar-refractivity contribution in [3.63, 3.8) is 0 Å². The number of rotatable bonds is 3. The average molecular weight is 210 g/mol. The highest BCUT2D eigenvalue weighted by atomic mass is 16.5. The molecule has 2 rings (SSSR count). The van der Waals surface area contributed by atoms with Crippen LogP contribution in [0.25, 0.3) is 0 Å². The van der Waals surface area contributed by atoms with E-state index in [0.717, 1.165) is 32.3 Å². The molecule has 1 aliphatic carbocycles. The number of hydrogen-bond acceptors (Lipinski definition) is 2. The van der Waals surface area contributed by atoms with Crippen molar-refractivity contribution in [3.05, 3.63) is 0 Å². The number of carbonyl (C=O) groups excluding carboxylic acids is 1. The Balaban J connectivity index is 1.96. The van der Waals surface area contributed by atoms with Gasteiger partial charge in [-0.05, 0) is 31.6 Å². The number of ether oxygens (including phenoxy) is 1. The first-order valence-electron chi connectivity index (χ1n) is 6.48. The van der Waals surface area contributed by atoms with Gasteiger partial charge in [0.2, 0.25) is 0 Å². The van der Waals surface area contributed by atoms with Crippen LogP contribution in [0.4, 0.5) is 0 Å². The maximum Gasteiger partial charge on any atom is 0.164 e. The summed E-state index contributed by atoms with van der Waals surface area (Å²) in [6.45, 7) is 3.01. The van der Waals surface area contributed by atoms with Crippen LogP contribution in [0.15, 0.2) is 0 Å². The number of carbonyl (C=O) groups is 1. The van der Waals surface area contributed by atoms with E-state index in [2.05, 4.69) is 6.92 Å². The van der Waals surface area contributed by atoms with Crippen molar-refractivity contribution in [2.45, 2.75) is 58.0 Å². The van der Waals surface area contributed by atoms with E-state index >= 15 is 0 Å². The topological polar surface area (TPSA) is 26.3 Å². The van der Waals surface area contributed by atoms with Gasteiger partial charge in [0.25, 0.3) is 0 Å². The summed E-state index contributed by atoms with van der Waals surface area (Å²) in [6, 6.07) is 0. The molecule has 0 spiro atoms. The average Bonchev–Trinajstić information content (AvgIpc) is 2.81. The van der Waals surface area contributed by atoms with Crippen molar-refractivity contribution in [2.75, 3.05) is 6.61 Å². The summed E-state index contributed by atoms with van der Waals surface area (Å²) in [6.07, 6.45) is 8.04. The van der Waals surface area contributed by atoms with Gasteiger partial charge < -0.3 is 4.74 Å². The van der Waals surface area contributed by atoms with Crippen molar-refractivity contribution in [3.8, 4) is 0 Å². The molecule has 2 nitrogen and oxygen atoms in total. The quantitative estimate of drug-likeness (QED) is 0.716. The highest BCUT2D eigenvalue weighted by molar-refractivity contribution is 5.86. The molecule has 1 aliphatic heterocycles. The Hall–Kier alpha value is -0.370. The second-order valence-electron chi connectivity index (χ2n) is 4.96. The van der Waals surface area contributed by atoms with Crippen molar-refractivity contribution < 1.29 is 9.53 Å². The third-order valence-electron chi connectivity index (χ3n) is 4.05. The molecular weight excluding hydrogens is 188 g/mol. The van der Waals surface area contributed by atoms with Crippen LogP contribution < -0.4 is 0 Å². The van der Waals surface area contributed by atoms with Gasteiger partial charge in [0.1, 0.15) is 6.10 Å². The molecule has 2 heteroatoms. The molecule has 0 aromatic carbocycles. The highest BCUT2D eigenvalue weighted by Gasteiger charge is 2.35. The van der Waals surface area contributed by atoms with E-state index in [-0.39, 0.29) is 6.10 Å². The molecule has 1 saturated carbocycles. The molecule has 86 valence electrons. The van der Waals surface area contributed by atoms with Crippen LogP contribution in [0.5, 0.6) is 0 Å². The van der Waals surface area contributed by atoms with Crippen molar-refractivity contribution in [1.82, 2.24) is 0 Å². The van der Waals surface area contributed by atoms with Gasteiger partial charge in [-0.2, -0.15) is 0 Å². The Kier molecular flexibility index (Phi) is 3.79. The smallest absolute Gasteiger partial charge is 0.164 e. The maximum absolute atomic E-state index is 12.2. The van der Waals surface area contributed by atoms with E-state index in [0.29, 0.717) is 17.6 Å². The second-order valence-corrected chi connectivity index (χ2v) is 4.96. The lowest BCUT2D eigenvalue weighted by molar-refractivity contribution is -0.134. The number of hydrogen-bond donors (Lipinski definition) is 0. The lowest BCUT2D eigenvalue weighted by Crippen LogP contribution is -2.34. The van der Waals surface area contributed by atoms with Crippen LogP contribution >= 0.6 is 0 Å². The highest BCUT2D eigenvalue weighted by Crippen LogP contribution is 2.35. The summed E-state index contributed by atoms with van der Waals surface area (Å²) < 4.78 is 5.51. The minimum Gasteiger partial charge on any atom is -0.370 e. The van der Waals surface area contributed by atoms with Crippen LogP contribution in [0.1, 0.15) is 51.9 Å². The van der Waals surface area contributed by atoms with Crippen LogP contribution in [-0.2, 0) is 9.53 Å². The van der Waals surface area contributed by atoms with E-state index in [1.807, 2.05) is 0 Å². The lowest BCUT2D eigenvalue weighted by Gasteiger charge is -2.31. The molecule has 0 N–H and O–H groups in total. The van der Waals surface area contributed by atoms with Gasteiger partial charge in [-0.15, -0.1) is 0 Å². The van der Waals surface area contributed by atoms with E-state index < -0.39 is 0 Å². The normalized spacial score (nSPS) is 36.7. The summed E-state index contributed by atoms with van der Waals surface area (Å²) in [5, 5.41) is 0. The predicted octanol–water partition coefficient (Wildman–Crippen LogP) is 2.95. The summed E-state index contributed by atoms with van der Waals surface area (Å²) in [7, 11) is 0. The molecule has 3 atom stereocenters. The van der Waals surface area contributed by atoms with Gasteiger partial charge >= 0.3 is 0 Å². The minimum absolute atomic E-state index is 0.0536. The van der Waals surface area contributed by atoms with Gasteiger partial charge in [0.15, 0.2) is 5.78 Å². The van der Waals surface area contributed by atoms with Crippen LogP contribution in [0.2, 0.25) is 0 Å². The van der Waals surface area contributed by atoms with Crippen LogP contribution in [0, 0.1) is 11.8 Å². The van der Waals surface area contributed by atoms with Gasteiger partial charge in [-0.3, -0.25) is 4.79 Å². The third-order valence-corrected chi connectivity index (χ3v) is 4.05. The van der Waals surface area contributed by atoms with Crippen LogP contribution in [0.3, 0.4) is 0 Å². The molecule has 0 aromatic rings. The number of Topliss-reactive ketones (excluding diaryl/α,β-unsaturated/α-hetero) is 1. The third kappa shape index (κ3) is 2.41. The molecule has 2 aliphatic rings. The summed E-state index contributed by atoms with van der Waals surface area (Å²) in [5.74, 6) is 1.36. The molecule has 0 amide bonds. The van der Waals surface area contributed by atoms with Crippen molar-refractivity contribution >= 4 is 5.78 Å². The fourth-order valence-electron chi connectivity index (χ4n) is 3.11. The van der Waals surface area contributed by atoms with Crippen LogP contribution in [-0.4, -0.2) is 18.5 Å². The first-order chi connectivity index (χ1) is 7.33. The van der Waals surface area contributed by atoms with Gasteiger partial charge in [0.05, 0.1) is 0 Å². The SMILES string of the molecule is CCC1CCCCC1C(=O)C1CCCO1. The molecule has 0 radical (unpaired) electrons. The monoisotopic (exact) mass is 210 g/mol. The first kappa shape index (κ1) is 11.1. The van der Waals surface area contributed by atoms with E-state index in [1.54, 1.807) is 0 Å². The standard InChI is InChI=1S/C13H22O2/c1-2-10-6-3-4-7-11(10)13(14)12-8-5-9-15-12/h10-12H,2-9H2,1H3. The lowest BCUT2D eigenvalue weighted by atomic mass is 9.74. The first-order valence-corrected chi connectivity index (χ1v) is 6.48.